The van der Waals surface area contributed by atoms with E-state index in [-0.39, 0.29) is 31.4 Å². The number of para-hydroxylation sites is 1. The Morgan fingerprint density at radius 1 is 0.935 bits per heavy atom. The highest BCUT2D eigenvalue weighted by atomic mass is 35.5. The van der Waals surface area contributed by atoms with Crippen molar-refractivity contribution in [3.63, 3.8) is 0 Å². The van der Waals surface area contributed by atoms with Gasteiger partial charge < -0.3 is 29.0 Å². The summed E-state index contributed by atoms with van der Waals surface area (Å²) in [5, 5.41) is 10.8. The molecule has 2 unspecified atom stereocenters. The molecule has 4 rings (SSSR count). The second-order valence-corrected chi connectivity index (χ2v) is 17.8. The maximum atomic E-state index is 13.4. The lowest BCUT2D eigenvalue weighted by Gasteiger charge is -2.40. The molecule has 11 heteroatoms. The second-order valence-electron chi connectivity index (χ2n) is 12.5. The maximum absolute atomic E-state index is 13.4. The van der Waals surface area contributed by atoms with Gasteiger partial charge in [0.25, 0.3) is 0 Å². The largest absolute Gasteiger partial charge is 0.490 e. The fourth-order valence-electron chi connectivity index (χ4n) is 5.09. The average Bonchev–Trinajstić information content (AvgIpc) is 3.02. The molecular formula is C35H41Cl2NO7Si. The van der Waals surface area contributed by atoms with Crippen LogP contribution in [0.4, 0.5) is 4.79 Å². The van der Waals surface area contributed by atoms with Crippen molar-refractivity contribution < 1.29 is 33.7 Å². The van der Waals surface area contributed by atoms with Gasteiger partial charge in [0, 0.05) is 6.54 Å². The normalized spacial score (nSPS) is 16.8. The quantitative estimate of drug-likeness (QED) is 0.138. The Hall–Kier alpha value is -3.50. The third-order valence-electron chi connectivity index (χ3n) is 8.69. The molecule has 0 radical (unpaired) electrons. The molecular weight excluding hydrogens is 645 g/mol. The predicted octanol–water partition coefficient (Wildman–Crippen LogP) is 8.31. The number of amides is 1. The van der Waals surface area contributed by atoms with E-state index in [4.69, 9.17) is 37.4 Å². The van der Waals surface area contributed by atoms with Crippen LogP contribution in [0.25, 0.3) is 5.57 Å². The number of hydrogen-bond acceptors (Lipinski definition) is 6. The van der Waals surface area contributed by atoms with E-state index in [9.17, 15) is 19.5 Å². The molecule has 0 saturated heterocycles. The van der Waals surface area contributed by atoms with E-state index in [1.54, 1.807) is 30.3 Å². The molecule has 2 atom stereocenters. The summed E-state index contributed by atoms with van der Waals surface area (Å²) in [6.45, 7) is 8.39. The van der Waals surface area contributed by atoms with Gasteiger partial charge in [-0.05, 0) is 71.9 Å². The lowest BCUT2D eigenvalue weighted by Crippen LogP contribution is -2.48. The summed E-state index contributed by atoms with van der Waals surface area (Å²) in [5.41, 5.74) is 2.18. The first-order chi connectivity index (χ1) is 21.8. The molecule has 3 aromatic rings. The van der Waals surface area contributed by atoms with Crippen LogP contribution in [0.15, 0.2) is 78.9 Å². The Morgan fingerprint density at radius 2 is 1.57 bits per heavy atom. The van der Waals surface area contributed by atoms with Crippen LogP contribution in [0, 0.1) is 5.92 Å². The second kappa shape index (κ2) is 15.4. The molecule has 0 aromatic heterocycles. The van der Waals surface area contributed by atoms with Crippen molar-refractivity contribution in [1.29, 1.82) is 0 Å². The smallest absolute Gasteiger partial charge is 0.410 e. The lowest BCUT2D eigenvalue weighted by molar-refractivity contribution is -0.140. The third kappa shape index (κ3) is 9.06. The van der Waals surface area contributed by atoms with Crippen molar-refractivity contribution in [2.24, 2.45) is 5.92 Å². The van der Waals surface area contributed by atoms with Crippen molar-refractivity contribution in [2.75, 3.05) is 19.8 Å². The average molecular weight is 687 g/mol. The number of carboxylic acids is 1. The first-order valence-corrected chi connectivity index (χ1v) is 18.9. The first kappa shape index (κ1) is 35.4. The van der Waals surface area contributed by atoms with Gasteiger partial charge in [-0.25, -0.2) is 4.79 Å². The zero-order valence-corrected chi connectivity index (χ0v) is 29.1. The molecule has 2 N–H and O–H groups in total. The van der Waals surface area contributed by atoms with Gasteiger partial charge in [-0.1, -0.05) is 91.7 Å². The SMILES string of the molecule is CC(C)(CCC1C=C(c2ccc(OCCOc3c(Cl)cccc3Cl)cc2)C(C(=O)O)CN1C(=O)OCc1ccccc1)[Si](C)(C)O. The summed E-state index contributed by atoms with van der Waals surface area (Å²) in [7, 11) is -2.52. The number of nitrogens with zero attached hydrogens (tertiary/aromatic N) is 1. The lowest BCUT2D eigenvalue weighted by atomic mass is 9.85. The van der Waals surface area contributed by atoms with Crippen LogP contribution in [-0.4, -0.2) is 61.0 Å². The van der Waals surface area contributed by atoms with Crippen LogP contribution < -0.4 is 9.47 Å². The number of rotatable bonds is 13. The minimum Gasteiger partial charge on any atom is -0.490 e. The number of hydrogen-bond donors (Lipinski definition) is 2. The molecule has 46 heavy (non-hydrogen) atoms. The zero-order valence-electron chi connectivity index (χ0n) is 26.5. The summed E-state index contributed by atoms with van der Waals surface area (Å²) in [4.78, 5) is 38.4. The van der Waals surface area contributed by atoms with Crippen LogP contribution in [0.2, 0.25) is 28.2 Å². The van der Waals surface area contributed by atoms with E-state index in [0.29, 0.717) is 40.0 Å². The highest BCUT2D eigenvalue weighted by molar-refractivity contribution is 6.72. The van der Waals surface area contributed by atoms with Gasteiger partial charge in [0.2, 0.25) is 0 Å². The van der Waals surface area contributed by atoms with Crippen molar-refractivity contribution in [1.82, 2.24) is 4.90 Å². The van der Waals surface area contributed by atoms with Crippen LogP contribution in [0.1, 0.15) is 37.8 Å². The number of carbonyl (C=O) groups excluding carboxylic acids is 1. The Labute approximate surface area is 281 Å². The number of carbonyl (C=O) groups is 2. The monoisotopic (exact) mass is 685 g/mol. The molecule has 0 aliphatic carbocycles. The molecule has 1 aliphatic rings. The maximum Gasteiger partial charge on any atom is 0.410 e. The summed E-state index contributed by atoms with van der Waals surface area (Å²) in [6.07, 6.45) is 2.48. The van der Waals surface area contributed by atoms with Gasteiger partial charge in [0.1, 0.15) is 25.6 Å². The van der Waals surface area contributed by atoms with Crippen molar-refractivity contribution in [3.05, 3.63) is 100 Å². The van der Waals surface area contributed by atoms with Crippen molar-refractivity contribution in [3.8, 4) is 11.5 Å². The van der Waals surface area contributed by atoms with Crippen LogP contribution in [0.5, 0.6) is 11.5 Å². The molecule has 0 bridgehead atoms. The summed E-state index contributed by atoms with van der Waals surface area (Å²) >= 11 is 12.3. The van der Waals surface area contributed by atoms with Crippen LogP contribution >= 0.6 is 23.2 Å². The number of ether oxygens (including phenoxy) is 3. The van der Waals surface area contributed by atoms with Crippen molar-refractivity contribution in [2.45, 2.75) is 57.5 Å². The molecule has 0 spiro atoms. The molecule has 1 aliphatic heterocycles. The minimum atomic E-state index is -2.52. The van der Waals surface area contributed by atoms with Gasteiger partial charge in [0.15, 0.2) is 14.1 Å². The van der Waals surface area contributed by atoms with E-state index >= 15 is 0 Å². The molecule has 8 nitrogen and oxygen atoms in total. The third-order valence-corrected chi connectivity index (χ3v) is 12.8. The van der Waals surface area contributed by atoms with Gasteiger partial charge in [-0.15, -0.1) is 0 Å². The van der Waals surface area contributed by atoms with E-state index in [2.05, 4.69) is 0 Å². The van der Waals surface area contributed by atoms with Crippen LogP contribution in [0.3, 0.4) is 0 Å². The van der Waals surface area contributed by atoms with E-state index in [1.165, 1.54) is 4.90 Å². The number of benzene rings is 3. The molecule has 1 heterocycles. The van der Waals surface area contributed by atoms with Crippen LogP contribution in [-0.2, 0) is 16.1 Å². The fourth-order valence-corrected chi connectivity index (χ4v) is 6.35. The molecule has 3 aromatic carbocycles. The minimum absolute atomic E-state index is 0.0416. The van der Waals surface area contributed by atoms with E-state index < -0.39 is 32.3 Å². The Morgan fingerprint density at radius 3 is 2.17 bits per heavy atom. The van der Waals surface area contributed by atoms with E-state index in [0.717, 1.165) is 11.1 Å². The molecule has 246 valence electrons. The van der Waals surface area contributed by atoms with Gasteiger partial charge in [0.05, 0.1) is 22.0 Å². The zero-order chi connectivity index (χ0) is 33.5. The first-order valence-electron chi connectivity index (χ1n) is 15.2. The Balaban J connectivity index is 1.51. The van der Waals surface area contributed by atoms with E-state index in [1.807, 2.05) is 75.5 Å². The summed E-state index contributed by atoms with van der Waals surface area (Å²) in [5.74, 6) is -1.02. The summed E-state index contributed by atoms with van der Waals surface area (Å²) in [6, 6.07) is 21.2. The molecule has 1 amide bonds. The fraction of sp³-hybridized carbons (Fsp3) is 0.371. The van der Waals surface area contributed by atoms with Gasteiger partial charge in [-0.2, -0.15) is 0 Å². The highest BCUT2D eigenvalue weighted by Crippen LogP contribution is 2.42. The number of aliphatic carboxylic acids is 1. The molecule has 0 saturated carbocycles. The standard InChI is InChI=1S/C35H41Cl2NO7Si/c1-35(2,46(3,4)42)18-17-26-21-28(29(33(39)40)22-38(26)34(41)45-23-24-9-6-5-7-10-24)25-13-15-27(16-14-25)43-19-20-44-32-30(36)11-8-12-31(32)37/h5-16,21,26,29,42H,17-20,22-23H2,1-4H3,(H,39,40). The number of halogens is 2. The predicted molar refractivity (Wildman–Crippen MR) is 183 cm³/mol. The topological polar surface area (TPSA) is 106 Å². The number of carboxylic acid groups (broad SMARTS) is 1. The Kier molecular flexibility index (Phi) is 11.8. The van der Waals surface area contributed by atoms with Crippen molar-refractivity contribution >= 4 is 49.2 Å². The molecule has 0 fully saturated rings. The highest BCUT2D eigenvalue weighted by Gasteiger charge is 2.41. The van der Waals surface area contributed by atoms with Gasteiger partial charge >= 0.3 is 12.1 Å². The Bertz CT molecular complexity index is 1500. The van der Waals surface area contributed by atoms with Gasteiger partial charge in [-0.3, -0.25) is 4.79 Å². The summed E-state index contributed by atoms with van der Waals surface area (Å²) < 4.78 is 17.2.